The molecule has 1 unspecified atom stereocenters. The summed E-state index contributed by atoms with van der Waals surface area (Å²) in [6.45, 7) is 9.94. The van der Waals surface area contributed by atoms with E-state index in [2.05, 4.69) is 104 Å². The van der Waals surface area contributed by atoms with Crippen LogP contribution >= 0.6 is 0 Å². The van der Waals surface area contributed by atoms with E-state index in [4.69, 9.17) is 10.1 Å². The molecule has 12 heteroatoms. The molecule has 3 saturated heterocycles. The Hall–Kier alpha value is -5.30. The second-order valence-corrected chi connectivity index (χ2v) is 16.8. The second-order valence-electron chi connectivity index (χ2n) is 16.8. The van der Waals surface area contributed by atoms with Crippen LogP contribution in [-0.4, -0.2) is 112 Å². The Kier molecular flexibility index (Phi) is 13.7. The number of imide groups is 1. The number of carbonyl (C=O) groups excluding carboxylic acids is 2. The van der Waals surface area contributed by atoms with Gasteiger partial charge in [-0.2, -0.15) is 9.61 Å². The fourth-order valence-corrected chi connectivity index (χ4v) is 9.11. The Morgan fingerprint density at radius 3 is 2.23 bits per heavy atom. The Labute approximate surface area is 354 Å². The molecular weight excluding hydrogens is 751 g/mol. The van der Waals surface area contributed by atoms with Crippen molar-refractivity contribution < 1.29 is 14.7 Å². The highest BCUT2D eigenvalue weighted by molar-refractivity contribution is 6.01. The number of aliphatic hydroxyl groups excluding tert-OH is 1. The largest absolute Gasteiger partial charge is 0.395 e. The lowest BCUT2D eigenvalue weighted by Gasteiger charge is -2.35. The van der Waals surface area contributed by atoms with Gasteiger partial charge in [-0.15, -0.1) is 0 Å². The summed E-state index contributed by atoms with van der Waals surface area (Å²) in [7, 11) is 0. The van der Waals surface area contributed by atoms with Crippen LogP contribution in [0.1, 0.15) is 69.0 Å². The van der Waals surface area contributed by atoms with Crippen molar-refractivity contribution in [3.63, 3.8) is 0 Å². The van der Waals surface area contributed by atoms with Crippen LogP contribution in [0.3, 0.4) is 0 Å². The SMILES string of the molecule is Cc1nn2c(N3CCN(CCO)CC3)cc(-c3cccc(CCCCCCCN4CCC(Nc5cccc(NC6CCC(=O)NC6=O)c5)CC4)c3)nc2c1-c1ccccc1. The van der Waals surface area contributed by atoms with E-state index in [-0.39, 0.29) is 24.5 Å². The average molecular weight is 812 g/mol. The Balaban J connectivity index is 0.798. The number of β-amino-alcohol motifs (C(OH)–C–C–N with tert-alkyl or cyclic N) is 1. The standard InChI is InChI=1S/C48H61N9O3/c1-35-46(37-14-7-5-8-15-37)47-51-43(34-45(57(47)53-35)56-28-26-55(27-29-56)30-31-58)38-16-10-13-36(32-38)12-6-3-2-4-9-23-54-24-21-39(22-25-54)49-40-17-11-18-41(33-40)50-42-19-20-44(59)52-48(42)60/h5,7-8,10-11,13-18,32-34,39,42,49-50,58H,2-4,6,9,12,19-31H2,1H3,(H,52,59,60). The van der Waals surface area contributed by atoms with E-state index < -0.39 is 0 Å². The first-order valence-electron chi connectivity index (χ1n) is 22.2. The lowest BCUT2D eigenvalue weighted by atomic mass is 10.0. The number of fused-ring (bicyclic) bond motifs is 1. The van der Waals surface area contributed by atoms with E-state index in [9.17, 15) is 14.7 Å². The number of aromatic nitrogens is 3. The number of benzene rings is 3. The van der Waals surface area contributed by atoms with E-state index in [1.807, 2.05) is 22.7 Å². The number of piperazine rings is 1. The van der Waals surface area contributed by atoms with Gasteiger partial charge in [0, 0.05) is 86.8 Å². The predicted octanol–water partition coefficient (Wildman–Crippen LogP) is 6.77. The van der Waals surface area contributed by atoms with Gasteiger partial charge in [-0.25, -0.2) is 4.98 Å². The first-order chi connectivity index (χ1) is 29.4. The molecule has 3 aliphatic heterocycles. The maximum Gasteiger partial charge on any atom is 0.249 e. The molecule has 316 valence electrons. The third kappa shape index (κ3) is 10.3. The zero-order valence-electron chi connectivity index (χ0n) is 35.1. The molecule has 4 N–H and O–H groups in total. The van der Waals surface area contributed by atoms with E-state index in [1.54, 1.807) is 0 Å². The highest BCUT2D eigenvalue weighted by Crippen LogP contribution is 2.33. The van der Waals surface area contributed by atoms with E-state index in [1.165, 1.54) is 44.2 Å². The summed E-state index contributed by atoms with van der Waals surface area (Å²) in [5.74, 6) is 0.624. The molecule has 5 heterocycles. The number of anilines is 3. The van der Waals surface area contributed by atoms with Crippen molar-refractivity contribution in [2.24, 2.45) is 0 Å². The number of aliphatic hydroxyl groups is 1. The molecule has 0 radical (unpaired) electrons. The highest BCUT2D eigenvalue weighted by Gasteiger charge is 2.27. The van der Waals surface area contributed by atoms with Crippen LogP contribution in [-0.2, 0) is 16.0 Å². The molecule has 0 spiro atoms. The molecule has 3 aromatic carbocycles. The topological polar surface area (TPSA) is 130 Å². The molecule has 12 nitrogen and oxygen atoms in total. The highest BCUT2D eigenvalue weighted by atomic mass is 16.3. The van der Waals surface area contributed by atoms with Crippen molar-refractivity contribution in [2.45, 2.75) is 83.2 Å². The van der Waals surface area contributed by atoms with Crippen LogP contribution in [0.2, 0.25) is 0 Å². The molecule has 3 aliphatic rings. The van der Waals surface area contributed by atoms with Crippen molar-refractivity contribution >= 4 is 34.7 Å². The molecule has 0 aliphatic carbocycles. The van der Waals surface area contributed by atoms with Gasteiger partial charge in [0.2, 0.25) is 11.8 Å². The van der Waals surface area contributed by atoms with Crippen LogP contribution in [0, 0.1) is 6.92 Å². The number of aryl methyl sites for hydroxylation is 2. The van der Waals surface area contributed by atoms with Crippen LogP contribution < -0.4 is 20.9 Å². The molecule has 1 atom stereocenters. The van der Waals surface area contributed by atoms with E-state index >= 15 is 0 Å². The van der Waals surface area contributed by atoms with Gasteiger partial charge in [-0.05, 0) is 87.4 Å². The number of nitrogens with zero attached hydrogens (tertiary/aromatic N) is 6. The van der Waals surface area contributed by atoms with Crippen molar-refractivity contribution in [1.29, 1.82) is 0 Å². The summed E-state index contributed by atoms with van der Waals surface area (Å²) >= 11 is 0. The Morgan fingerprint density at radius 2 is 1.45 bits per heavy atom. The minimum absolute atomic E-state index is 0.188. The average Bonchev–Trinajstić information content (AvgIpc) is 3.61. The number of nitrogens with one attached hydrogen (secondary N) is 3. The smallest absolute Gasteiger partial charge is 0.249 e. The molecular formula is C48H61N9O3. The van der Waals surface area contributed by atoms with Crippen LogP contribution in [0.4, 0.5) is 17.2 Å². The zero-order chi connectivity index (χ0) is 41.3. The Morgan fingerprint density at radius 1 is 0.733 bits per heavy atom. The number of rotatable bonds is 17. The lowest BCUT2D eigenvalue weighted by Crippen LogP contribution is -2.47. The van der Waals surface area contributed by atoms with Crippen molar-refractivity contribution in [2.75, 3.05) is 74.5 Å². The van der Waals surface area contributed by atoms with Gasteiger partial charge in [0.25, 0.3) is 0 Å². The summed E-state index contributed by atoms with van der Waals surface area (Å²) in [6.07, 6.45) is 10.4. The van der Waals surface area contributed by atoms with Crippen molar-refractivity contribution in [3.05, 3.63) is 96.2 Å². The predicted molar refractivity (Wildman–Crippen MR) is 240 cm³/mol. The molecule has 60 heavy (non-hydrogen) atoms. The number of carbonyl (C=O) groups is 2. The minimum atomic E-state index is -0.378. The van der Waals surface area contributed by atoms with Crippen LogP contribution in [0.5, 0.6) is 0 Å². The number of amides is 2. The second kappa shape index (κ2) is 19.8. The summed E-state index contributed by atoms with van der Waals surface area (Å²) in [5, 5.41) is 24.0. The van der Waals surface area contributed by atoms with E-state index in [0.29, 0.717) is 25.4 Å². The van der Waals surface area contributed by atoms with Gasteiger partial charge in [0.15, 0.2) is 5.65 Å². The maximum absolute atomic E-state index is 12.2. The van der Waals surface area contributed by atoms with Gasteiger partial charge in [-0.1, -0.05) is 73.9 Å². The normalized spacial score (nSPS) is 18.2. The summed E-state index contributed by atoms with van der Waals surface area (Å²) in [5.41, 5.74) is 9.49. The molecule has 3 fully saturated rings. The van der Waals surface area contributed by atoms with Gasteiger partial charge in [-0.3, -0.25) is 19.8 Å². The summed E-state index contributed by atoms with van der Waals surface area (Å²) in [6, 6.07) is 29.9. The summed E-state index contributed by atoms with van der Waals surface area (Å²) in [4.78, 5) is 36.4. The molecule has 2 amide bonds. The van der Waals surface area contributed by atoms with Gasteiger partial charge in [0.05, 0.1) is 18.0 Å². The molecule has 5 aromatic rings. The van der Waals surface area contributed by atoms with Gasteiger partial charge >= 0.3 is 0 Å². The first kappa shape index (κ1) is 41.4. The van der Waals surface area contributed by atoms with Crippen LogP contribution in [0.25, 0.3) is 28.0 Å². The number of hydrogen-bond acceptors (Lipinski definition) is 10. The molecule has 0 saturated carbocycles. The number of unbranched alkanes of at least 4 members (excludes halogenated alkanes) is 4. The molecule has 0 bridgehead atoms. The Bertz CT molecular complexity index is 2210. The zero-order valence-corrected chi connectivity index (χ0v) is 35.1. The fourth-order valence-electron chi connectivity index (χ4n) is 9.11. The molecule has 8 rings (SSSR count). The molecule has 2 aromatic heterocycles. The quantitative estimate of drug-likeness (QED) is 0.0590. The number of likely N-dealkylation sites (tertiary alicyclic amines) is 1. The van der Waals surface area contributed by atoms with Gasteiger partial charge in [0.1, 0.15) is 11.9 Å². The third-order valence-electron chi connectivity index (χ3n) is 12.5. The third-order valence-corrected chi connectivity index (χ3v) is 12.5. The van der Waals surface area contributed by atoms with Crippen LogP contribution in [0.15, 0.2) is 84.9 Å². The fraction of sp³-hybridized carbons (Fsp3) is 0.458. The van der Waals surface area contributed by atoms with Crippen molar-refractivity contribution in [1.82, 2.24) is 29.7 Å². The number of hydrogen-bond donors (Lipinski definition) is 4. The van der Waals surface area contributed by atoms with E-state index in [0.717, 1.165) is 109 Å². The van der Waals surface area contributed by atoms with Gasteiger partial charge < -0.3 is 25.5 Å². The first-order valence-corrected chi connectivity index (χ1v) is 22.2. The summed E-state index contributed by atoms with van der Waals surface area (Å²) < 4.78 is 2.04. The lowest BCUT2D eigenvalue weighted by molar-refractivity contribution is -0.133. The maximum atomic E-state index is 12.2. The monoisotopic (exact) mass is 811 g/mol. The van der Waals surface area contributed by atoms with Crippen molar-refractivity contribution in [3.8, 4) is 22.4 Å². The minimum Gasteiger partial charge on any atom is -0.395 e. The number of piperidine rings is 2.